The highest BCUT2D eigenvalue weighted by Gasteiger charge is 2.57. The molecule has 4 rings (SSSR count). The first-order valence-electron chi connectivity index (χ1n) is 9.70. The first-order valence-corrected chi connectivity index (χ1v) is 9.70. The molecular weight excluding hydrogens is 315 g/mol. The molecule has 0 radical (unpaired) electrons. The van der Waals surface area contributed by atoms with Gasteiger partial charge in [0.1, 0.15) is 0 Å². The predicted octanol–water partition coefficient (Wildman–Crippen LogP) is 4.22. The number of pyridine rings is 1. The lowest BCUT2D eigenvalue weighted by Crippen LogP contribution is -2.25. The highest BCUT2D eigenvalue weighted by Crippen LogP contribution is 2.64. The van der Waals surface area contributed by atoms with E-state index in [1.807, 2.05) is 0 Å². The number of hydrogen-bond donors (Lipinski definition) is 1. The summed E-state index contributed by atoms with van der Waals surface area (Å²) in [6, 6.07) is 3.06. The summed E-state index contributed by atoms with van der Waals surface area (Å²) < 4.78 is 13.6. The van der Waals surface area contributed by atoms with Gasteiger partial charge in [0.2, 0.25) is 5.95 Å². The van der Waals surface area contributed by atoms with Gasteiger partial charge in [-0.2, -0.15) is 4.39 Å². The summed E-state index contributed by atoms with van der Waals surface area (Å²) in [5, 5.41) is 2.85. The summed E-state index contributed by atoms with van der Waals surface area (Å²) in [5.74, 6) is 3.69. The molecule has 0 saturated heterocycles. The fourth-order valence-electron chi connectivity index (χ4n) is 6.11. The van der Waals surface area contributed by atoms with E-state index in [4.69, 9.17) is 0 Å². The molecule has 134 valence electrons. The Bertz CT molecular complexity index is 701. The monoisotopic (exact) mass is 342 g/mol. The van der Waals surface area contributed by atoms with Crippen molar-refractivity contribution in [2.75, 3.05) is 6.54 Å². The highest BCUT2D eigenvalue weighted by molar-refractivity contribution is 5.94. The van der Waals surface area contributed by atoms with Gasteiger partial charge in [0.05, 0.1) is 5.56 Å². The van der Waals surface area contributed by atoms with Gasteiger partial charge < -0.3 is 5.32 Å². The quantitative estimate of drug-likeness (QED) is 0.658. The molecular formula is C21H27FN2O. The minimum atomic E-state index is -0.707. The summed E-state index contributed by atoms with van der Waals surface area (Å²) in [6.07, 6.45) is 9.01. The number of carbonyl (C=O) groups is 1. The number of nitrogens with one attached hydrogen (secondary N) is 1. The van der Waals surface area contributed by atoms with E-state index in [0.29, 0.717) is 18.4 Å². The van der Waals surface area contributed by atoms with Gasteiger partial charge in [0.15, 0.2) is 0 Å². The Morgan fingerprint density at radius 1 is 1.44 bits per heavy atom. The lowest BCUT2D eigenvalue weighted by molar-refractivity contribution is 0.0953. The second kappa shape index (κ2) is 6.54. The second-order valence-electron chi connectivity index (χ2n) is 8.05. The number of allylic oxidation sites excluding steroid dienone is 1. The van der Waals surface area contributed by atoms with E-state index in [0.717, 1.165) is 23.7 Å². The van der Waals surface area contributed by atoms with Crippen LogP contribution in [0.25, 0.3) is 0 Å². The molecule has 1 aromatic heterocycles. The summed E-state index contributed by atoms with van der Waals surface area (Å²) in [7, 11) is 0. The van der Waals surface area contributed by atoms with Crippen LogP contribution in [0.3, 0.4) is 0 Å². The molecule has 0 spiro atoms. The Morgan fingerprint density at radius 3 is 3.04 bits per heavy atom. The molecule has 3 aliphatic rings. The molecule has 1 heterocycles. The van der Waals surface area contributed by atoms with Crippen LogP contribution < -0.4 is 5.32 Å². The van der Waals surface area contributed by atoms with Crippen LogP contribution in [0.1, 0.15) is 49.9 Å². The highest BCUT2D eigenvalue weighted by atomic mass is 19.1. The third-order valence-corrected chi connectivity index (χ3v) is 7.12. The van der Waals surface area contributed by atoms with Gasteiger partial charge in [-0.15, -0.1) is 0 Å². The standard InChI is InChI=1S/C21H27FN2O/c1-3-13-11-14-6-7-15-12(2)16(18(13)19(14)15)8-10-24-21(25)17-5-4-9-23-20(17)22/h4-5,8-9,12-15,18-19H,3,6-7,10-11H2,1-2H3,(H,24,25)/b16-8-. The molecule has 3 aliphatic carbocycles. The fourth-order valence-corrected chi connectivity index (χ4v) is 6.11. The Balaban J connectivity index is 1.48. The minimum Gasteiger partial charge on any atom is -0.348 e. The van der Waals surface area contributed by atoms with Gasteiger partial charge in [-0.25, -0.2) is 4.98 Å². The average Bonchev–Trinajstić information content (AvgIpc) is 3.24. The molecule has 0 aromatic carbocycles. The van der Waals surface area contributed by atoms with Crippen molar-refractivity contribution in [2.45, 2.75) is 39.5 Å². The molecule has 6 unspecified atom stereocenters. The number of hydrogen-bond acceptors (Lipinski definition) is 2. The SMILES string of the molecule is CCC1CC2CCC3C(C)/C(=C/CNC(=O)c4cccnc4F)C1C23. The lowest BCUT2D eigenvalue weighted by Gasteiger charge is -2.20. The molecule has 4 heteroatoms. The molecule has 0 aliphatic heterocycles. The van der Waals surface area contributed by atoms with Crippen molar-refractivity contribution in [2.24, 2.45) is 35.5 Å². The van der Waals surface area contributed by atoms with Crippen LogP contribution in [0.5, 0.6) is 0 Å². The van der Waals surface area contributed by atoms with Crippen molar-refractivity contribution < 1.29 is 9.18 Å². The molecule has 6 atom stereocenters. The maximum absolute atomic E-state index is 13.6. The van der Waals surface area contributed by atoms with E-state index >= 15 is 0 Å². The van der Waals surface area contributed by atoms with Crippen LogP contribution in [0, 0.1) is 41.5 Å². The van der Waals surface area contributed by atoms with Crippen LogP contribution in [0.4, 0.5) is 4.39 Å². The minimum absolute atomic E-state index is 0.0182. The predicted molar refractivity (Wildman–Crippen MR) is 95.4 cm³/mol. The summed E-state index contributed by atoms with van der Waals surface area (Å²) in [6.45, 7) is 5.16. The van der Waals surface area contributed by atoms with Crippen molar-refractivity contribution in [3.8, 4) is 0 Å². The fraction of sp³-hybridized carbons (Fsp3) is 0.619. The number of amides is 1. The number of halogens is 1. The smallest absolute Gasteiger partial charge is 0.256 e. The number of rotatable bonds is 4. The van der Waals surface area contributed by atoms with Gasteiger partial charge in [0.25, 0.3) is 5.91 Å². The third kappa shape index (κ3) is 2.70. The van der Waals surface area contributed by atoms with Crippen LogP contribution in [0.15, 0.2) is 30.0 Å². The Hall–Kier alpha value is -1.71. The van der Waals surface area contributed by atoms with E-state index in [1.54, 1.807) is 11.6 Å². The van der Waals surface area contributed by atoms with Crippen LogP contribution >= 0.6 is 0 Å². The third-order valence-electron chi connectivity index (χ3n) is 7.12. The molecule has 3 nitrogen and oxygen atoms in total. The van der Waals surface area contributed by atoms with Gasteiger partial charge >= 0.3 is 0 Å². The topological polar surface area (TPSA) is 42.0 Å². The lowest BCUT2D eigenvalue weighted by atomic mass is 9.85. The van der Waals surface area contributed by atoms with Crippen molar-refractivity contribution in [1.29, 1.82) is 0 Å². The maximum atomic E-state index is 13.6. The zero-order chi connectivity index (χ0) is 17.6. The first-order chi connectivity index (χ1) is 12.1. The van der Waals surface area contributed by atoms with Gasteiger partial charge in [-0.3, -0.25) is 4.79 Å². The largest absolute Gasteiger partial charge is 0.348 e. The molecule has 1 aromatic rings. The van der Waals surface area contributed by atoms with E-state index in [2.05, 4.69) is 30.2 Å². The molecule has 1 N–H and O–H groups in total. The van der Waals surface area contributed by atoms with Crippen LogP contribution in [-0.4, -0.2) is 17.4 Å². The van der Waals surface area contributed by atoms with Gasteiger partial charge in [-0.05, 0) is 66.9 Å². The van der Waals surface area contributed by atoms with Gasteiger partial charge in [0, 0.05) is 12.7 Å². The normalized spacial score (nSPS) is 37.5. The molecule has 25 heavy (non-hydrogen) atoms. The maximum Gasteiger partial charge on any atom is 0.256 e. The number of aromatic nitrogens is 1. The Labute approximate surface area is 149 Å². The molecule has 1 amide bonds. The second-order valence-corrected chi connectivity index (χ2v) is 8.05. The van der Waals surface area contributed by atoms with E-state index < -0.39 is 5.95 Å². The summed E-state index contributed by atoms with van der Waals surface area (Å²) in [4.78, 5) is 15.7. The van der Waals surface area contributed by atoms with Crippen LogP contribution in [-0.2, 0) is 0 Å². The van der Waals surface area contributed by atoms with E-state index in [-0.39, 0.29) is 11.5 Å². The van der Waals surface area contributed by atoms with Crippen molar-refractivity contribution in [3.63, 3.8) is 0 Å². The Morgan fingerprint density at radius 2 is 2.28 bits per heavy atom. The molecule has 3 saturated carbocycles. The Kier molecular flexibility index (Phi) is 4.38. The number of carbonyl (C=O) groups excluding carboxylic acids is 1. The van der Waals surface area contributed by atoms with Crippen LogP contribution in [0.2, 0.25) is 0 Å². The molecule has 3 fully saturated rings. The number of nitrogens with zero attached hydrogens (tertiary/aromatic N) is 1. The zero-order valence-corrected chi connectivity index (χ0v) is 15.0. The summed E-state index contributed by atoms with van der Waals surface area (Å²) in [5.41, 5.74) is 1.57. The van der Waals surface area contributed by atoms with E-state index in [1.165, 1.54) is 37.9 Å². The first kappa shape index (κ1) is 16.7. The van der Waals surface area contributed by atoms with E-state index in [9.17, 15) is 9.18 Å². The molecule has 0 bridgehead atoms. The van der Waals surface area contributed by atoms with Crippen molar-refractivity contribution in [3.05, 3.63) is 41.5 Å². The van der Waals surface area contributed by atoms with Crippen molar-refractivity contribution in [1.82, 2.24) is 10.3 Å². The van der Waals surface area contributed by atoms with Crippen molar-refractivity contribution >= 4 is 5.91 Å². The van der Waals surface area contributed by atoms with Gasteiger partial charge in [-0.1, -0.05) is 31.9 Å². The average molecular weight is 342 g/mol. The zero-order valence-electron chi connectivity index (χ0n) is 15.0. The summed E-state index contributed by atoms with van der Waals surface area (Å²) >= 11 is 0.